The summed E-state index contributed by atoms with van der Waals surface area (Å²) in [4.78, 5) is 37.6. The van der Waals surface area contributed by atoms with Crippen molar-refractivity contribution in [3.63, 3.8) is 0 Å². The maximum Gasteiger partial charge on any atom is 0.329 e. The summed E-state index contributed by atoms with van der Waals surface area (Å²) < 4.78 is 0.812. The van der Waals surface area contributed by atoms with E-state index in [1.807, 2.05) is 0 Å². The summed E-state index contributed by atoms with van der Waals surface area (Å²) in [6, 6.07) is 8.27. The van der Waals surface area contributed by atoms with Crippen LogP contribution in [0, 0.1) is 0 Å². The highest BCUT2D eigenvalue weighted by Crippen LogP contribution is 2.09. The number of nitrogens with zero attached hydrogens (tertiary/aromatic N) is 1. The number of nitrogens with two attached hydrogens (primary N) is 1. The molecule has 3 N–H and O–H groups in total. The van der Waals surface area contributed by atoms with Crippen LogP contribution in [0.3, 0.4) is 0 Å². The van der Waals surface area contributed by atoms with E-state index >= 15 is 0 Å². The van der Waals surface area contributed by atoms with Crippen LogP contribution in [0.1, 0.15) is 15.9 Å². The number of H-pyrrole nitrogens is 1. The molecule has 0 aliphatic rings. The average molecular weight is 245 g/mol. The molecule has 18 heavy (non-hydrogen) atoms. The van der Waals surface area contributed by atoms with Gasteiger partial charge in [-0.05, 0) is 0 Å². The fraction of sp³-hybridized carbons (Fsp3) is 0.0833. The Kier molecular flexibility index (Phi) is 2.85. The molecule has 0 saturated heterocycles. The van der Waals surface area contributed by atoms with Crippen LogP contribution in [0.5, 0.6) is 0 Å². The molecule has 2 aromatic rings. The topological polar surface area (TPSA) is 97.9 Å². The van der Waals surface area contributed by atoms with E-state index in [2.05, 4.69) is 4.98 Å². The van der Waals surface area contributed by atoms with Gasteiger partial charge in [0.25, 0.3) is 5.56 Å². The Morgan fingerprint density at radius 2 is 1.83 bits per heavy atom. The molecule has 0 amide bonds. The Labute approximate surface area is 102 Å². The third-order valence-electron chi connectivity index (χ3n) is 2.60. The van der Waals surface area contributed by atoms with Gasteiger partial charge in [0.1, 0.15) is 11.4 Å². The highest BCUT2D eigenvalue weighted by Gasteiger charge is 2.19. The number of anilines is 1. The van der Waals surface area contributed by atoms with Crippen molar-refractivity contribution in [2.24, 2.45) is 7.05 Å². The molecule has 1 aromatic heterocycles. The molecule has 0 atom stereocenters. The van der Waals surface area contributed by atoms with Crippen LogP contribution < -0.4 is 17.0 Å². The van der Waals surface area contributed by atoms with E-state index in [0.717, 1.165) is 4.57 Å². The molecule has 1 heterocycles. The summed E-state index contributed by atoms with van der Waals surface area (Å²) in [5, 5.41) is 0. The number of ketones is 1. The summed E-state index contributed by atoms with van der Waals surface area (Å²) >= 11 is 0. The number of carbonyl (C=O) groups is 1. The third kappa shape index (κ3) is 1.84. The summed E-state index contributed by atoms with van der Waals surface area (Å²) in [7, 11) is 1.28. The van der Waals surface area contributed by atoms with Gasteiger partial charge in [-0.2, -0.15) is 0 Å². The molecular formula is C12H11N3O3. The van der Waals surface area contributed by atoms with Gasteiger partial charge < -0.3 is 5.73 Å². The quantitative estimate of drug-likeness (QED) is 0.721. The molecule has 0 aliphatic carbocycles. The lowest BCUT2D eigenvalue weighted by Crippen LogP contribution is -2.37. The Hall–Kier alpha value is -2.63. The first-order chi connectivity index (χ1) is 8.52. The number of hydrogen-bond donors (Lipinski definition) is 2. The van der Waals surface area contributed by atoms with Crippen LogP contribution in [-0.4, -0.2) is 15.3 Å². The van der Waals surface area contributed by atoms with Crippen molar-refractivity contribution in [2.75, 3.05) is 5.73 Å². The molecule has 0 spiro atoms. The van der Waals surface area contributed by atoms with Gasteiger partial charge in [-0.15, -0.1) is 0 Å². The average Bonchev–Trinajstić information content (AvgIpc) is 2.37. The van der Waals surface area contributed by atoms with Crippen LogP contribution in [-0.2, 0) is 7.05 Å². The second-order valence-electron chi connectivity index (χ2n) is 3.78. The summed E-state index contributed by atoms with van der Waals surface area (Å²) in [5.74, 6) is -0.720. The normalized spacial score (nSPS) is 10.3. The lowest BCUT2D eigenvalue weighted by Gasteiger charge is -2.05. The van der Waals surface area contributed by atoms with Crippen molar-refractivity contribution in [1.82, 2.24) is 9.55 Å². The van der Waals surface area contributed by atoms with Gasteiger partial charge in [-0.25, -0.2) is 4.79 Å². The van der Waals surface area contributed by atoms with Gasteiger partial charge in [-0.1, -0.05) is 30.3 Å². The van der Waals surface area contributed by atoms with Gasteiger partial charge in [0.15, 0.2) is 0 Å². The van der Waals surface area contributed by atoms with E-state index in [0.29, 0.717) is 5.56 Å². The Balaban J connectivity index is 2.67. The fourth-order valence-electron chi connectivity index (χ4n) is 1.59. The lowest BCUT2D eigenvalue weighted by atomic mass is 10.1. The number of aromatic nitrogens is 2. The molecule has 92 valence electrons. The maximum atomic E-state index is 12.1. The van der Waals surface area contributed by atoms with Crippen molar-refractivity contribution in [1.29, 1.82) is 0 Å². The number of carbonyl (C=O) groups excluding carboxylic acids is 1. The SMILES string of the molecule is Cn1c(=O)[nH]c(N)c(C(=O)c2ccccc2)c1=O. The summed E-state index contributed by atoms with van der Waals surface area (Å²) in [5.41, 5.74) is 4.31. The first-order valence-electron chi connectivity index (χ1n) is 5.21. The van der Waals surface area contributed by atoms with Crippen molar-refractivity contribution in [3.8, 4) is 0 Å². The number of nitrogens with one attached hydrogen (secondary N) is 1. The second kappa shape index (κ2) is 4.33. The standard InChI is InChI=1S/C12H11N3O3/c1-15-11(17)8(10(13)14-12(15)18)9(16)7-5-3-2-4-6-7/h2-6H,13H2,1H3,(H,14,18). The predicted octanol–water partition coefficient (Wildman–Crippen LogP) is -0.113. The van der Waals surface area contributed by atoms with E-state index < -0.39 is 17.0 Å². The first kappa shape index (κ1) is 11.8. The largest absolute Gasteiger partial charge is 0.384 e. The second-order valence-corrected chi connectivity index (χ2v) is 3.78. The van der Waals surface area contributed by atoms with E-state index in [-0.39, 0.29) is 11.4 Å². The van der Waals surface area contributed by atoms with Crippen molar-refractivity contribution >= 4 is 11.6 Å². The van der Waals surface area contributed by atoms with Crippen LogP contribution in [0.15, 0.2) is 39.9 Å². The minimum absolute atomic E-state index is 0.211. The molecular weight excluding hydrogens is 234 g/mol. The van der Waals surface area contributed by atoms with E-state index in [4.69, 9.17) is 5.73 Å². The summed E-state index contributed by atoms with van der Waals surface area (Å²) in [6.45, 7) is 0. The van der Waals surface area contributed by atoms with Crippen molar-refractivity contribution in [3.05, 3.63) is 62.3 Å². The van der Waals surface area contributed by atoms with Crippen LogP contribution in [0.2, 0.25) is 0 Å². The van der Waals surface area contributed by atoms with Crippen LogP contribution in [0.4, 0.5) is 5.82 Å². The van der Waals surface area contributed by atoms with Gasteiger partial charge in [0.2, 0.25) is 5.78 Å². The van der Waals surface area contributed by atoms with Gasteiger partial charge in [-0.3, -0.25) is 19.1 Å². The Bertz CT molecular complexity index is 714. The van der Waals surface area contributed by atoms with E-state index in [1.165, 1.54) is 7.05 Å². The highest BCUT2D eigenvalue weighted by atomic mass is 16.2. The van der Waals surface area contributed by atoms with Crippen LogP contribution >= 0.6 is 0 Å². The van der Waals surface area contributed by atoms with Crippen molar-refractivity contribution in [2.45, 2.75) is 0 Å². The molecule has 6 heteroatoms. The van der Waals surface area contributed by atoms with Gasteiger partial charge in [0, 0.05) is 12.6 Å². The zero-order valence-corrected chi connectivity index (χ0v) is 9.64. The molecule has 0 aliphatic heterocycles. The van der Waals surface area contributed by atoms with Gasteiger partial charge >= 0.3 is 5.69 Å². The molecule has 0 radical (unpaired) electrons. The maximum absolute atomic E-state index is 12.1. The number of hydrogen-bond acceptors (Lipinski definition) is 4. The lowest BCUT2D eigenvalue weighted by molar-refractivity contribution is 0.103. The third-order valence-corrected chi connectivity index (χ3v) is 2.60. The minimum atomic E-state index is -0.704. The first-order valence-corrected chi connectivity index (χ1v) is 5.21. The molecule has 0 bridgehead atoms. The number of benzene rings is 1. The highest BCUT2D eigenvalue weighted by molar-refractivity contribution is 6.11. The van der Waals surface area contributed by atoms with E-state index in [1.54, 1.807) is 30.3 Å². The Morgan fingerprint density at radius 1 is 1.22 bits per heavy atom. The smallest absolute Gasteiger partial charge is 0.329 e. The molecule has 0 saturated carbocycles. The zero-order chi connectivity index (χ0) is 13.3. The zero-order valence-electron chi connectivity index (χ0n) is 9.64. The monoisotopic (exact) mass is 245 g/mol. The van der Waals surface area contributed by atoms with Crippen molar-refractivity contribution < 1.29 is 4.79 Å². The minimum Gasteiger partial charge on any atom is -0.384 e. The molecule has 1 aromatic carbocycles. The summed E-state index contributed by atoms with van der Waals surface area (Å²) in [6.07, 6.45) is 0. The number of aromatic amines is 1. The fourth-order valence-corrected chi connectivity index (χ4v) is 1.59. The molecule has 0 unspecified atom stereocenters. The number of nitrogen functional groups attached to an aromatic ring is 1. The molecule has 6 nitrogen and oxygen atoms in total. The van der Waals surface area contributed by atoms with Gasteiger partial charge in [0.05, 0.1) is 0 Å². The molecule has 0 fully saturated rings. The Morgan fingerprint density at radius 3 is 2.44 bits per heavy atom. The number of rotatable bonds is 2. The molecule has 2 rings (SSSR count). The van der Waals surface area contributed by atoms with Crippen LogP contribution in [0.25, 0.3) is 0 Å². The van der Waals surface area contributed by atoms with E-state index in [9.17, 15) is 14.4 Å². The predicted molar refractivity (Wildman–Crippen MR) is 66.6 cm³/mol.